The van der Waals surface area contributed by atoms with Gasteiger partial charge in [-0.1, -0.05) is 12.2 Å². The summed E-state index contributed by atoms with van der Waals surface area (Å²) in [6.45, 7) is 0. The number of hydrogen-bond donors (Lipinski definition) is 1. The van der Waals surface area contributed by atoms with E-state index < -0.39 is 10.0 Å². The van der Waals surface area contributed by atoms with Crippen LogP contribution in [0.25, 0.3) is 0 Å². The van der Waals surface area contributed by atoms with Crippen LogP contribution in [0.1, 0.15) is 38.5 Å². The highest BCUT2D eigenvalue weighted by Crippen LogP contribution is 2.25. The van der Waals surface area contributed by atoms with E-state index in [2.05, 4.69) is 4.72 Å². The normalized spacial score (nSPS) is 23.3. The molecule has 1 rings (SSSR count). The predicted octanol–water partition coefficient (Wildman–Crippen LogP) is 2.21. The Balaban J connectivity index is 2.33. The molecule has 0 aromatic heterocycles. The molecule has 0 unspecified atom stereocenters. The summed E-state index contributed by atoms with van der Waals surface area (Å²) in [5, 5.41) is 0. The van der Waals surface area contributed by atoms with Gasteiger partial charge in [0.2, 0.25) is 10.0 Å². The number of allylic oxidation sites excluding steroid dienone is 1. The third-order valence-electron chi connectivity index (χ3n) is 3.59. The Kier molecular flexibility index (Phi) is 8.29. The molecule has 7 heteroatoms. The van der Waals surface area contributed by atoms with Gasteiger partial charge >= 0.3 is 5.97 Å². The van der Waals surface area contributed by atoms with Crippen molar-refractivity contribution in [3.63, 3.8) is 0 Å². The molecule has 0 atom stereocenters. The molecule has 0 heterocycles. The number of halogens is 1. The molecule has 122 valence electrons. The van der Waals surface area contributed by atoms with Crippen LogP contribution >= 0.6 is 11.6 Å². The fourth-order valence-corrected chi connectivity index (χ4v) is 3.81. The lowest BCUT2D eigenvalue weighted by Crippen LogP contribution is -2.39. The van der Waals surface area contributed by atoms with Gasteiger partial charge < -0.3 is 4.74 Å². The molecule has 1 fully saturated rings. The first-order valence-electron chi connectivity index (χ1n) is 7.27. The number of sulfonamides is 1. The maximum atomic E-state index is 11.9. The van der Waals surface area contributed by atoms with Gasteiger partial charge in [-0.15, -0.1) is 11.6 Å². The average Bonchev–Trinajstić information content (AvgIpc) is 2.46. The molecule has 0 saturated heterocycles. The molecule has 21 heavy (non-hydrogen) atoms. The van der Waals surface area contributed by atoms with E-state index >= 15 is 0 Å². The lowest BCUT2D eigenvalue weighted by Gasteiger charge is -2.27. The summed E-state index contributed by atoms with van der Waals surface area (Å²) in [4.78, 5) is 11.4. The van der Waals surface area contributed by atoms with Crippen molar-refractivity contribution in [3.05, 3.63) is 12.2 Å². The van der Waals surface area contributed by atoms with E-state index in [9.17, 15) is 13.2 Å². The van der Waals surface area contributed by atoms with Crippen molar-refractivity contribution in [3.8, 4) is 0 Å². The predicted molar refractivity (Wildman–Crippen MR) is 83.8 cm³/mol. The lowest BCUT2D eigenvalue weighted by atomic mass is 9.86. The number of alkyl halides is 1. The second kappa shape index (κ2) is 9.43. The van der Waals surface area contributed by atoms with E-state index in [1.165, 1.54) is 7.11 Å². The first kappa shape index (κ1) is 18.5. The zero-order valence-electron chi connectivity index (χ0n) is 12.4. The Morgan fingerprint density at radius 2 is 1.95 bits per heavy atom. The Hall–Kier alpha value is -0.590. The summed E-state index contributed by atoms with van der Waals surface area (Å²) in [7, 11) is -1.92. The topological polar surface area (TPSA) is 72.5 Å². The van der Waals surface area contributed by atoms with Gasteiger partial charge in [-0.2, -0.15) is 0 Å². The van der Waals surface area contributed by atoms with Gasteiger partial charge in [0.15, 0.2) is 0 Å². The van der Waals surface area contributed by atoms with E-state index in [1.807, 2.05) is 6.08 Å². The van der Waals surface area contributed by atoms with Gasteiger partial charge in [-0.25, -0.2) is 13.1 Å². The number of unbranched alkanes of at least 4 members (excludes halogenated alkanes) is 1. The molecule has 5 nitrogen and oxygen atoms in total. The molecule has 0 amide bonds. The molecule has 1 saturated carbocycles. The Morgan fingerprint density at radius 1 is 1.29 bits per heavy atom. The van der Waals surface area contributed by atoms with Crippen molar-refractivity contribution in [1.82, 2.24) is 4.72 Å². The molecule has 0 aromatic carbocycles. The Bertz CT molecular complexity index is 442. The smallest absolute Gasteiger partial charge is 0.308 e. The fourth-order valence-electron chi connectivity index (χ4n) is 2.42. The molecular formula is C14H24ClNO4S. The van der Waals surface area contributed by atoms with Crippen LogP contribution in [0.5, 0.6) is 0 Å². The first-order valence-corrected chi connectivity index (χ1v) is 9.46. The summed E-state index contributed by atoms with van der Waals surface area (Å²) in [5.74, 6) is 0.287. The van der Waals surface area contributed by atoms with Gasteiger partial charge in [0, 0.05) is 11.9 Å². The molecular weight excluding hydrogens is 314 g/mol. The lowest BCUT2D eigenvalue weighted by molar-refractivity contribution is -0.146. The summed E-state index contributed by atoms with van der Waals surface area (Å²) in [6, 6.07) is -0.0767. The third kappa shape index (κ3) is 7.29. The van der Waals surface area contributed by atoms with Crippen LogP contribution in [0, 0.1) is 5.92 Å². The number of esters is 1. The summed E-state index contributed by atoms with van der Waals surface area (Å²) < 4.78 is 31.3. The third-order valence-corrected chi connectivity index (χ3v) is 5.19. The second-order valence-corrected chi connectivity index (χ2v) is 7.45. The zero-order chi connectivity index (χ0) is 15.7. The SMILES string of the molecule is COC(=O)C1CCC(NS(=O)(=O)CC=CCCCCl)CC1. The van der Waals surface area contributed by atoms with Crippen molar-refractivity contribution in [2.75, 3.05) is 18.7 Å². The minimum atomic E-state index is -3.30. The Morgan fingerprint density at radius 3 is 2.52 bits per heavy atom. The minimum absolute atomic E-state index is 0.00772. The van der Waals surface area contributed by atoms with Gasteiger partial charge in [0.25, 0.3) is 0 Å². The zero-order valence-corrected chi connectivity index (χ0v) is 14.0. The number of methoxy groups -OCH3 is 1. The van der Waals surface area contributed by atoms with Crippen LogP contribution in [0.4, 0.5) is 0 Å². The van der Waals surface area contributed by atoms with Gasteiger partial charge in [0.1, 0.15) is 0 Å². The summed E-state index contributed by atoms with van der Waals surface area (Å²) in [6.07, 6.45) is 7.85. The maximum absolute atomic E-state index is 11.9. The molecule has 1 aliphatic carbocycles. The molecule has 0 radical (unpaired) electrons. The highest BCUT2D eigenvalue weighted by molar-refractivity contribution is 7.89. The van der Waals surface area contributed by atoms with E-state index in [-0.39, 0.29) is 23.7 Å². The molecule has 0 aromatic rings. The number of rotatable bonds is 8. The maximum Gasteiger partial charge on any atom is 0.308 e. The largest absolute Gasteiger partial charge is 0.469 e. The highest BCUT2D eigenvalue weighted by Gasteiger charge is 2.28. The summed E-state index contributed by atoms with van der Waals surface area (Å²) in [5.41, 5.74) is 0. The minimum Gasteiger partial charge on any atom is -0.469 e. The van der Waals surface area contributed by atoms with E-state index in [1.54, 1.807) is 6.08 Å². The van der Waals surface area contributed by atoms with E-state index in [0.29, 0.717) is 31.6 Å². The van der Waals surface area contributed by atoms with Crippen LogP contribution < -0.4 is 4.72 Å². The molecule has 1 N–H and O–H groups in total. The van der Waals surface area contributed by atoms with Crippen molar-refractivity contribution in [2.45, 2.75) is 44.6 Å². The monoisotopic (exact) mass is 337 g/mol. The van der Waals surface area contributed by atoms with Gasteiger partial charge in [0.05, 0.1) is 18.8 Å². The number of ether oxygens (including phenoxy) is 1. The van der Waals surface area contributed by atoms with Crippen LogP contribution in [0.3, 0.4) is 0 Å². The van der Waals surface area contributed by atoms with Crippen LogP contribution in [-0.2, 0) is 19.6 Å². The second-order valence-electron chi connectivity index (χ2n) is 5.27. The standard InChI is InChI=1S/C14H24ClNO4S/c1-20-14(17)12-6-8-13(9-7-12)16-21(18,19)11-5-3-2-4-10-15/h3,5,12-13,16H,2,4,6-11H2,1H3. The summed E-state index contributed by atoms with van der Waals surface area (Å²) >= 11 is 5.55. The highest BCUT2D eigenvalue weighted by atomic mass is 35.5. The van der Waals surface area contributed by atoms with Crippen LogP contribution in [-0.4, -0.2) is 39.2 Å². The number of carbonyl (C=O) groups is 1. The van der Waals surface area contributed by atoms with Gasteiger partial charge in [-0.05, 0) is 38.5 Å². The van der Waals surface area contributed by atoms with E-state index in [4.69, 9.17) is 16.3 Å². The van der Waals surface area contributed by atoms with Crippen LogP contribution in [0.2, 0.25) is 0 Å². The molecule has 1 aliphatic rings. The van der Waals surface area contributed by atoms with Crippen molar-refractivity contribution >= 4 is 27.6 Å². The first-order chi connectivity index (χ1) is 9.98. The molecule has 0 bridgehead atoms. The van der Waals surface area contributed by atoms with E-state index in [0.717, 1.165) is 12.8 Å². The average molecular weight is 338 g/mol. The van der Waals surface area contributed by atoms with Gasteiger partial charge in [-0.3, -0.25) is 4.79 Å². The quantitative estimate of drug-likeness (QED) is 0.319. The van der Waals surface area contributed by atoms with Crippen molar-refractivity contribution in [1.29, 1.82) is 0 Å². The Labute approximate surface area is 132 Å². The number of hydrogen-bond acceptors (Lipinski definition) is 4. The van der Waals surface area contributed by atoms with Crippen LogP contribution in [0.15, 0.2) is 12.2 Å². The fraction of sp³-hybridized carbons (Fsp3) is 0.786. The molecule has 0 aliphatic heterocycles. The molecule has 0 spiro atoms. The number of nitrogens with one attached hydrogen (secondary N) is 1. The number of carbonyl (C=O) groups excluding carboxylic acids is 1. The van der Waals surface area contributed by atoms with Crippen molar-refractivity contribution < 1.29 is 17.9 Å². The van der Waals surface area contributed by atoms with Crippen molar-refractivity contribution in [2.24, 2.45) is 5.92 Å².